The number of benzene rings is 2. The maximum Gasteiger partial charge on any atom is 0.162 e. The number of carbonyl (C=O) groups excluding carboxylic acids is 1. The normalized spacial score (nSPS) is 10.9. The molecular weight excluding hydrogens is 376 g/mol. The molecule has 0 amide bonds. The highest BCUT2D eigenvalue weighted by Gasteiger charge is 2.06. The van der Waals surface area contributed by atoms with Crippen molar-refractivity contribution in [3.8, 4) is 5.75 Å². The first-order chi connectivity index (χ1) is 14.2. The molecule has 3 heteroatoms. The van der Waals surface area contributed by atoms with Gasteiger partial charge < -0.3 is 5.11 Å². The average Bonchev–Trinajstić information content (AvgIpc) is 2.74. The Balaban J connectivity index is 1.56. The van der Waals surface area contributed by atoms with Crippen LogP contribution in [0, 0.1) is 0 Å². The van der Waals surface area contributed by atoms with E-state index in [0.29, 0.717) is 6.42 Å². The number of aromatic hydroxyl groups is 1. The molecule has 0 fully saturated rings. The Morgan fingerprint density at radius 3 is 1.66 bits per heavy atom. The number of phenolic OH excluding ortho intramolecular Hbond substituents is 1. The highest BCUT2D eigenvalue weighted by molar-refractivity contribution is 7.99. The first-order valence-corrected chi connectivity index (χ1v) is 12.1. The van der Waals surface area contributed by atoms with Crippen LogP contribution in [-0.2, 0) is 0 Å². The van der Waals surface area contributed by atoms with Gasteiger partial charge in [0.2, 0.25) is 0 Å². The van der Waals surface area contributed by atoms with Crippen molar-refractivity contribution in [1.82, 2.24) is 0 Å². The zero-order chi connectivity index (χ0) is 20.7. The summed E-state index contributed by atoms with van der Waals surface area (Å²) >= 11 is 1.63. The Morgan fingerprint density at radius 2 is 1.14 bits per heavy atom. The van der Waals surface area contributed by atoms with Gasteiger partial charge in [-0.25, -0.2) is 0 Å². The molecule has 0 unspecified atom stereocenters. The Kier molecular flexibility index (Phi) is 11.6. The minimum Gasteiger partial charge on any atom is -0.508 e. The molecule has 2 aromatic carbocycles. The molecule has 0 atom stereocenters. The predicted molar refractivity (Wildman–Crippen MR) is 124 cm³/mol. The molecule has 1 N–H and O–H groups in total. The van der Waals surface area contributed by atoms with E-state index >= 15 is 0 Å². The van der Waals surface area contributed by atoms with Crippen LogP contribution in [0.3, 0.4) is 0 Å². The first kappa shape index (κ1) is 23.5. The third-order valence-corrected chi connectivity index (χ3v) is 6.27. The summed E-state index contributed by atoms with van der Waals surface area (Å²) in [5.41, 5.74) is 0.812. The maximum atomic E-state index is 12.4. The molecule has 158 valence electrons. The SMILES string of the molecule is CCCCCCCCCCCCCC(=O)c1ccc(Sc2ccc(O)cc2)cc1. The molecular formula is C26H36O2S. The van der Waals surface area contributed by atoms with Gasteiger partial charge in [0.15, 0.2) is 5.78 Å². The summed E-state index contributed by atoms with van der Waals surface area (Å²) in [7, 11) is 0. The summed E-state index contributed by atoms with van der Waals surface area (Å²) < 4.78 is 0. The van der Waals surface area contributed by atoms with Crippen LogP contribution in [0.5, 0.6) is 5.75 Å². The van der Waals surface area contributed by atoms with Gasteiger partial charge in [0.05, 0.1) is 0 Å². The fraction of sp³-hybridized carbons (Fsp3) is 0.500. The minimum absolute atomic E-state index is 0.252. The van der Waals surface area contributed by atoms with Crippen molar-refractivity contribution in [2.45, 2.75) is 93.8 Å². The standard InChI is InChI=1S/C26H36O2S/c1-2-3-4-5-6-7-8-9-10-11-12-13-26(28)22-14-18-24(19-15-22)29-25-20-16-23(27)17-21-25/h14-21,27H,2-13H2,1H3. The van der Waals surface area contributed by atoms with Crippen LogP contribution in [0.1, 0.15) is 94.3 Å². The highest BCUT2D eigenvalue weighted by atomic mass is 32.2. The van der Waals surface area contributed by atoms with Crippen LogP contribution < -0.4 is 0 Å². The highest BCUT2D eigenvalue weighted by Crippen LogP contribution is 2.29. The molecule has 0 heterocycles. The lowest BCUT2D eigenvalue weighted by molar-refractivity contribution is 0.0979. The maximum absolute atomic E-state index is 12.4. The Morgan fingerprint density at radius 1 is 0.690 bits per heavy atom. The molecule has 0 aliphatic carbocycles. The van der Waals surface area contributed by atoms with E-state index in [0.717, 1.165) is 28.2 Å². The molecule has 29 heavy (non-hydrogen) atoms. The molecule has 0 saturated heterocycles. The lowest BCUT2D eigenvalue weighted by atomic mass is 10.0. The molecule has 0 saturated carbocycles. The fourth-order valence-electron chi connectivity index (χ4n) is 3.45. The molecule has 2 nitrogen and oxygen atoms in total. The van der Waals surface area contributed by atoms with Gasteiger partial charge in [0.1, 0.15) is 5.75 Å². The van der Waals surface area contributed by atoms with Crippen LogP contribution in [0.2, 0.25) is 0 Å². The Hall–Kier alpha value is -1.74. The van der Waals surface area contributed by atoms with Gasteiger partial charge in [0.25, 0.3) is 0 Å². The molecule has 2 rings (SSSR count). The molecule has 0 aliphatic rings. The van der Waals surface area contributed by atoms with E-state index in [-0.39, 0.29) is 11.5 Å². The molecule has 0 aromatic heterocycles. The van der Waals surface area contributed by atoms with E-state index in [2.05, 4.69) is 6.92 Å². The van der Waals surface area contributed by atoms with E-state index in [4.69, 9.17) is 0 Å². The first-order valence-electron chi connectivity index (χ1n) is 11.3. The monoisotopic (exact) mass is 412 g/mol. The summed E-state index contributed by atoms with van der Waals surface area (Å²) in [4.78, 5) is 14.5. The lowest BCUT2D eigenvalue weighted by Gasteiger charge is -2.05. The molecule has 0 spiro atoms. The van der Waals surface area contributed by atoms with Crippen molar-refractivity contribution in [2.24, 2.45) is 0 Å². The van der Waals surface area contributed by atoms with Gasteiger partial charge in [-0.1, -0.05) is 95.0 Å². The number of rotatable bonds is 15. The van der Waals surface area contributed by atoms with E-state index in [1.807, 2.05) is 36.4 Å². The molecule has 0 radical (unpaired) electrons. The zero-order valence-electron chi connectivity index (χ0n) is 17.9. The predicted octanol–water partition coefficient (Wildman–Crippen LogP) is 8.43. The number of Topliss-reactive ketones (excluding diaryl/α,β-unsaturated/α-hetero) is 1. The zero-order valence-corrected chi connectivity index (χ0v) is 18.7. The second-order valence-electron chi connectivity index (χ2n) is 7.83. The van der Waals surface area contributed by atoms with Crippen molar-refractivity contribution >= 4 is 17.5 Å². The second-order valence-corrected chi connectivity index (χ2v) is 8.98. The number of hydrogen-bond acceptors (Lipinski definition) is 3. The van der Waals surface area contributed by atoms with Gasteiger partial charge in [-0.2, -0.15) is 0 Å². The Bertz CT molecular complexity index is 692. The molecule has 2 aromatic rings. The van der Waals surface area contributed by atoms with Crippen LogP contribution >= 0.6 is 11.8 Å². The number of phenols is 1. The summed E-state index contributed by atoms with van der Waals surface area (Å²) in [5.74, 6) is 0.528. The van der Waals surface area contributed by atoms with E-state index in [1.54, 1.807) is 23.9 Å². The number of ketones is 1. The molecule has 0 aliphatic heterocycles. The lowest BCUT2D eigenvalue weighted by Crippen LogP contribution is -1.98. The van der Waals surface area contributed by atoms with Crippen molar-refractivity contribution in [3.63, 3.8) is 0 Å². The van der Waals surface area contributed by atoms with Crippen LogP contribution in [0.4, 0.5) is 0 Å². The third kappa shape index (κ3) is 10.0. The Labute approximate surface area is 181 Å². The van der Waals surface area contributed by atoms with E-state index in [9.17, 15) is 9.90 Å². The van der Waals surface area contributed by atoms with Crippen molar-refractivity contribution < 1.29 is 9.90 Å². The van der Waals surface area contributed by atoms with Gasteiger partial charge in [-0.3, -0.25) is 4.79 Å². The third-order valence-electron chi connectivity index (χ3n) is 5.26. The van der Waals surface area contributed by atoms with Crippen molar-refractivity contribution in [1.29, 1.82) is 0 Å². The molecule has 0 bridgehead atoms. The quantitative estimate of drug-likeness (QED) is 0.235. The number of unbranched alkanes of at least 4 members (excludes halogenated alkanes) is 10. The summed E-state index contributed by atoms with van der Waals surface area (Å²) in [6.45, 7) is 2.26. The fourth-order valence-corrected chi connectivity index (χ4v) is 4.27. The number of hydrogen-bond donors (Lipinski definition) is 1. The smallest absolute Gasteiger partial charge is 0.162 e. The van der Waals surface area contributed by atoms with Gasteiger partial charge in [-0.05, 0) is 42.8 Å². The average molecular weight is 413 g/mol. The van der Waals surface area contributed by atoms with Crippen molar-refractivity contribution in [3.05, 3.63) is 54.1 Å². The largest absolute Gasteiger partial charge is 0.508 e. The summed E-state index contributed by atoms with van der Waals surface area (Å²) in [5, 5.41) is 9.35. The second kappa shape index (κ2) is 14.3. The van der Waals surface area contributed by atoms with E-state index in [1.165, 1.54) is 57.8 Å². The van der Waals surface area contributed by atoms with Gasteiger partial charge in [-0.15, -0.1) is 0 Å². The van der Waals surface area contributed by atoms with Gasteiger partial charge in [0, 0.05) is 21.8 Å². The summed E-state index contributed by atoms with van der Waals surface area (Å²) in [6.07, 6.45) is 15.0. The minimum atomic E-state index is 0.252. The topological polar surface area (TPSA) is 37.3 Å². The van der Waals surface area contributed by atoms with E-state index < -0.39 is 0 Å². The number of carbonyl (C=O) groups is 1. The van der Waals surface area contributed by atoms with Crippen molar-refractivity contribution in [2.75, 3.05) is 0 Å². The van der Waals surface area contributed by atoms with Gasteiger partial charge >= 0.3 is 0 Å². The van der Waals surface area contributed by atoms with Crippen LogP contribution in [0.25, 0.3) is 0 Å². The summed E-state index contributed by atoms with van der Waals surface area (Å²) in [6, 6.07) is 15.0. The van der Waals surface area contributed by atoms with Crippen LogP contribution in [-0.4, -0.2) is 10.9 Å². The van der Waals surface area contributed by atoms with Crippen LogP contribution in [0.15, 0.2) is 58.3 Å².